The first-order valence-electron chi connectivity index (χ1n) is 6.23. The van der Waals surface area contributed by atoms with Crippen LogP contribution in [0, 0.1) is 5.92 Å². The molecule has 96 valence electrons. The van der Waals surface area contributed by atoms with Gasteiger partial charge in [0.05, 0.1) is 0 Å². The van der Waals surface area contributed by atoms with Gasteiger partial charge in [-0.3, -0.25) is 0 Å². The number of aliphatic carboxylic acids is 1. The van der Waals surface area contributed by atoms with E-state index in [9.17, 15) is 14.7 Å². The van der Waals surface area contributed by atoms with Crippen molar-refractivity contribution in [1.82, 2.24) is 9.80 Å². The largest absolute Gasteiger partial charge is 0.479 e. The second-order valence-corrected chi connectivity index (χ2v) is 5.39. The van der Waals surface area contributed by atoms with Crippen LogP contribution in [-0.4, -0.2) is 52.6 Å². The van der Waals surface area contributed by atoms with Gasteiger partial charge in [-0.2, -0.15) is 0 Å². The smallest absolute Gasteiger partial charge is 0.329 e. The number of carboxylic acid groups (broad SMARTS) is 1. The fraction of sp³-hybridized carbons (Fsp3) is 0.833. The third-order valence-corrected chi connectivity index (χ3v) is 4.10. The number of carbonyl (C=O) groups excluding carboxylic acids is 1. The average molecular weight is 240 g/mol. The number of rotatable bonds is 2. The molecule has 5 heteroatoms. The number of carbonyl (C=O) groups is 2. The van der Waals surface area contributed by atoms with Crippen molar-refractivity contribution >= 4 is 12.0 Å². The molecule has 0 bridgehead atoms. The van der Waals surface area contributed by atoms with Gasteiger partial charge in [0.1, 0.15) is 5.54 Å². The highest BCUT2D eigenvalue weighted by atomic mass is 16.4. The molecule has 2 aliphatic rings. The Labute approximate surface area is 101 Å². The Kier molecular flexibility index (Phi) is 3.02. The number of hydrogen-bond acceptors (Lipinski definition) is 2. The van der Waals surface area contributed by atoms with Crippen molar-refractivity contribution in [2.24, 2.45) is 5.92 Å². The maximum absolute atomic E-state index is 12.0. The Morgan fingerprint density at radius 3 is 2.65 bits per heavy atom. The van der Waals surface area contributed by atoms with Crippen LogP contribution in [0.5, 0.6) is 0 Å². The predicted octanol–water partition coefficient (Wildman–Crippen LogP) is 1.39. The lowest BCUT2D eigenvalue weighted by Gasteiger charge is -2.42. The number of carboxylic acids is 1. The van der Waals surface area contributed by atoms with E-state index in [0.29, 0.717) is 31.8 Å². The summed E-state index contributed by atoms with van der Waals surface area (Å²) in [4.78, 5) is 26.8. The molecule has 1 saturated heterocycles. The van der Waals surface area contributed by atoms with Crippen molar-refractivity contribution in [3.8, 4) is 0 Å². The lowest BCUT2D eigenvalue weighted by atomic mass is 9.75. The van der Waals surface area contributed by atoms with Gasteiger partial charge in [-0.1, -0.05) is 19.8 Å². The van der Waals surface area contributed by atoms with Gasteiger partial charge >= 0.3 is 12.0 Å². The summed E-state index contributed by atoms with van der Waals surface area (Å²) in [5.41, 5.74) is -0.959. The van der Waals surface area contributed by atoms with Crippen LogP contribution in [0.4, 0.5) is 4.79 Å². The van der Waals surface area contributed by atoms with Crippen LogP contribution in [0.1, 0.15) is 32.6 Å². The minimum Gasteiger partial charge on any atom is -0.479 e. The van der Waals surface area contributed by atoms with Gasteiger partial charge in [-0.25, -0.2) is 9.59 Å². The van der Waals surface area contributed by atoms with E-state index in [1.807, 2.05) is 0 Å². The standard InChI is InChI=1S/C12H20N2O3/c1-9-4-3-5-12(8-9,10(15)16)14-7-6-13(2)11(14)17/h9H,3-8H2,1-2H3,(H,15,16). The van der Waals surface area contributed by atoms with Crippen LogP contribution in [-0.2, 0) is 4.79 Å². The quantitative estimate of drug-likeness (QED) is 0.793. The van der Waals surface area contributed by atoms with Gasteiger partial charge in [0.25, 0.3) is 0 Å². The van der Waals surface area contributed by atoms with Gasteiger partial charge in [0.15, 0.2) is 0 Å². The van der Waals surface area contributed by atoms with E-state index < -0.39 is 11.5 Å². The zero-order valence-corrected chi connectivity index (χ0v) is 10.5. The minimum absolute atomic E-state index is 0.137. The summed E-state index contributed by atoms with van der Waals surface area (Å²) in [5.74, 6) is -0.466. The molecule has 1 saturated carbocycles. The molecule has 2 fully saturated rings. The molecule has 1 heterocycles. The van der Waals surface area contributed by atoms with E-state index in [2.05, 4.69) is 6.92 Å². The summed E-state index contributed by atoms with van der Waals surface area (Å²) in [5, 5.41) is 9.56. The monoisotopic (exact) mass is 240 g/mol. The first-order chi connectivity index (χ1) is 7.97. The topological polar surface area (TPSA) is 60.9 Å². The van der Waals surface area contributed by atoms with E-state index >= 15 is 0 Å². The Morgan fingerprint density at radius 1 is 1.47 bits per heavy atom. The lowest BCUT2D eigenvalue weighted by molar-refractivity contribution is -0.152. The maximum Gasteiger partial charge on any atom is 0.329 e. The van der Waals surface area contributed by atoms with Gasteiger partial charge in [0, 0.05) is 20.1 Å². The molecular formula is C12H20N2O3. The molecule has 2 rings (SSSR count). The van der Waals surface area contributed by atoms with Crippen molar-refractivity contribution in [1.29, 1.82) is 0 Å². The lowest BCUT2D eigenvalue weighted by Crippen LogP contribution is -2.58. The zero-order chi connectivity index (χ0) is 12.6. The highest BCUT2D eigenvalue weighted by molar-refractivity contribution is 5.87. The first kappa shape index (κ1) is 12.2. The van der Waals surface area contributed by atoms with Crippen LogP contribution in [0.25, 0.3) is 0 Å². The van der Waals surface area contributed by atoms with Crippen LogP contribution in [0.15, 0.2) is 0 Å². The van der Waals surface area contributed by atoms with Crippen molar-refractivity contribution in [2.45, 2.75) is 38.1 Å². The second kappa shape index (κ2) is 4.20. The highest BCUT2D eigenvalue weighted by Crippen LogP contribution is 2.38. The molecule has 2 amide bonds. The summed E-state index contributed by atoms with van der Waals surface area (Å²) < 4.78 is 0. The highest BCUT2D eigenvalue weighted by Gasteiger charge is 2.51. The summed E-state index contributed by atoms with van der Waals surface area (Å²) in [6, 6.07) is -0.137. The number of nitrogens with zero attached hydrogens (tertiary/aromatic N) is 2. The first-order valence-corrected chi connectivity index (χ1v) is 6.23. The molecule has 1 aliphatic heterocycles. The van der Waals surface area contributed by atoms with Gasteiger partial charge in [-0.15, -0.1) is 0 Å². The summed E-state index contributed by atoms with van der Waals surface area (Å²) in [6.45, 7) is 3.23. The Morgan fingerprint density at radius 2 is 2.18 bits per heavy atom. The normalized spacial score (nSPS) is 34.2. The average Bonchev–Trinajstić information content (AvgIpc) is 2.59. The van der Waals surface area contributed by atoms with Crippen molar-refractivity contribution in [3.63, 3.8) is 0 Å². The number of likely N-dealkylation sites (N-methyl/N-ethyl adjacent to an activating group) is 1. The van der Waals surface area contributed by atoms with Gasteiger partial charge in [-0.05, 0) is 18.8 Å². The van der Waals surface area contributed by atoms with Crippen LogP contribution in [0.2, 0.25) is 0 Å². The van der Waals surface area contributed by atoms with Gasteiger partial charge < -0.3 is 14.9 Å². The molecular weight excluding hydrogens is 220 g/mol. The zero-order valence-electron chi connectivity index (χ0n) is 10.5. The van der Waals surface area contributed by atoms with Crippen molar-refractivity contribution in [2.75, 3.05) is 20.1 Å². The predicted molar refractivity (Wildman–Crippen MR) is 62.7 cm³/mol. The van der Waals surface area contributed by atoms with Crippen molar-refractivity contribution < 1.29 is 14.7 Å². The van der Waals surface area contributed by atoms with E-state index in [1.54, 1.807) is 16.8 Å². The van der Waals surface area contributed by atoms with E-state index in [0.717, 1.165) is 12.8 Å². The number of hydrogen-bond donors (Lipinski definition) is 1. The van der Waals surface area contributed by atoms with Crippen molar-refractivity contribution in [3.05, 3.63) is 0 Å². The fourth-order valence-electron chi connectivity index (χ4n) is 3.12. The summed E-state index contributed by atoms with van der Waals surface area (Å²) >= 11 is 0. The SMILES string of the molecule is CC1CCCC(C(=O)O)(N2CCN(C)C2=O)C1. The summed E-state index contributed by atoms with van der Waals surface area (Å²) in [6.07, 6.45) is 3.13. The fourth-order valence-corrected chi connectivity index (χ4v) is 3.12. The van der Waals surface area contributed by atoms with Gasteiger partial charge in [0.2, 0.25) is 0 Å². The molecule has 0 radical (unpaired) electrons. The molecule has 0 aromatic heterocycles. The molecule has 0 spiro atoms. The Bertz CT molecular complexity index is 345. The van der Waals surface area contributed by atoms with Crippen LogP contribution in [0.3, 0.4) is 0 Å². The maximum atomic E-state index is 12.0. The molecule has 1 N–H and O–H groups in total. The molecule has 1 aliphatic carbocycles. The third kappa shape index (κ3) is 1.87. The van der Waals surface area contributed by atoms with Crippen LogP contribution < -0.4 is 0 Å². The Balaban J connectivity index is 2.28. The molecule has 5 nitrogen and oxygen atoms in total. The third-order valence-electron chi connectivity index (χ3n) is 4.10. The molecule has 0 aromatic carbocycles. The number of amides is 2. The van der Waals surface area contributed by atoms with E-state index in [1.165, 1.54) is 0 Å². The molecule has 0 aromatic rings. The summed E-state index contributed by atoms with van der Waals surface area (Å²) in [7, 11) is 1.73. The number of urea groups is 1. The minimum atomic E-state index is -0.959. The molecule has 17 heavy (non-hydrogen) atoms. The Hall–Kier alpha value is -1.26. The molecule has 2 unspecified atom stereocenters. The molecule has 2 atom stereocenters. The second-order valence-electron chi connectivity index (χ2n) is 5.39. The van der Waals surface area contributed by atoms with E-state index in [4.69, 9.17) is 0 Å². The van der Waals surface area contributed by atoms with Crippen LogP contribution >= 0.6 is 0 Å². The van der Waals surface area contributed by atoms with E-state index in [-0.39, 0.29) is 6.03 Å².